The molecule has 1 aromatic rings. The van der Waals surface area contributed by atoms with Crippen LogP contribution >= 0.6 is 11.3 Å². The molecule has 3 rings (SSSR count). The maximum atomic E-state index is 12.5. The first kappa shape index (κ1) is 14.1. The average molecular weight is 292 g/mol. The lowest BCUT2D eigenvalue weighted by atomic mass is 10.0. The summed E-state index contributed by atoms with van der Waals surface area (Å²) in [4.78, 5) is 17.2. The van der Waals surface area contributed by atoms with Gasteiger partial charge in [0, 0.05) is 25.0 Å². The third-order valence-corrected chi connectivity index (χ3v) is 5.58. The van der Waals surface area contributed by atoms with Gasteiger partial charge in [0.2, 0.25) is 5.91 Å². The van der Waals surface area contributed by atoms with Gasteiger partial charge in [-0.1, -0.05) is 0 Å². The van der Waals surface area contributed by atoms with Crippen molar-refractivity contribution in [2.24, 2.45) is 0 Å². The van der Waals surface area contributed by atoms with Crippen LogP contribution in [0, 0.1) is 0 Å². The van der Waals surface area contributed by atoms with Crippen molar-refractivity contribution in [1.82, 2.24) is 9.80 Å². The number of hydrogen-bond acceptors (Lipinski definition) is 3. The minimum Gasteiger partial charge on any atom is -0.338 e. The number of nitrogens with zero attached hydrogens (tertiary/aromatic N) is 2. The highest BCUT2D eigenvalue weighted by atomic mass is 32.1. The molecule has 2 unspecified atom stereocenters. The second kappa shape index (κ2) is 6.27. The highest BCUT2D eigenvalue weighted by Crippen LogP contribution is 2.29. The van der Waals surface area contributed by atoms with Crippen molar-refractivity contribution in [1.29, 1.82) is 0 Å². The second-order valence-electron chi connectivity index (χ2n) is 6.12. The van der Waals surface area contributed by atoms with Crippen molar-refractivity contribution in [3.63, 3.8) is 0 Å². The first-order valence-electron chi connectivity index (χ1n) is 7.76. The van der Waals surface area contributed by atoms with E-state index >= 15 is 0 Å². The van der Waals surface area contributed by atoms with Gasteiger partial charge in [0.1, 0.15) is 0 Å². The Morgan fingerprint density at radius 1 is 1.30 bits per heavy atom. The van der Waals surface area contributed by atoms with E-state index in [1.165, 1.54) is 37.8 Å². The van der Waals surface area contributed by atoms with E-state index in [4.69, 9.17) is 0 Å². The van der Waals surface area contributed by atoms with E-state index in [0.717, 1.165) is 13.0 Å². The van der Waals surface area contributed by atoms with Crippen LogP contribution in [0.5, 0.6) is 0 Å². The van der Waals surface area contributed by atoms with Crippen LogP contribution in [0.1, 0.15) is 37.7 Å². The highest BCUT2D eigenvalue weighted by Gasteiger charge is 2.37. The number of aryl methyl sites for hydroxylation is 1. The molecule has 3 heterocycles. The molecule has 4 heteroatoms. The van der Waals surface area contributed by atoms with Crippen LogP contribution in [0.3, 0.4) is 0 Å². The number of thiophene rings is 1. The molecular weight excluding hydrogens is 268 g/mol. The Hall–Kier alpha value is -0.870. The van der Waals surface area contributed by atoms with Crippen molar-refractivity contribution < 1.29 is 4.79 Å². The maximum absolute atomic E-state index is 12.5. The number of hydrogen-bond donors (Lipinski definition) is 0. The van der Waals surface area contributed by atoms with Gasteiger partial charge in [-0.05, 0) is 68.1 Å². The number of amides is 1. The molecule has 2 fully saturated rings. The van der Waals surface area contributed by atoms with E-state index in [-0.39, 0.29) is 0 Å². The summed E-state index contributed by atoms with van der Waals surface area (Å²) >= 11 is 1.71. The van der Waals surface area contributed by atoms with E-state index in [1.807, 2.05) is 0 Å². The minimum atomic E-state index is 0.360. The van der Waals surface area contributed by atoms with Crippen LogP contribution < -0.4 is 0 Å². The Labute approximate surface area is 125 Å². The summed E-state index contributed by atoms with van der Waals surface area (Å²) in [5.74, 6) is 0.360. The Bertz CT molecular complexity index is 445. The van der Waals surface area contributed by atoms with Crippen molar-refractivity contribution in [2.45, 2.75) is 50.6 Å². The number of likely N-dealkylation sites (N-methyl/N-ethyl adjacent to an activating group) is 1. The van der Waals surface area contributed by atoms with Gasteiger partial charge in [-0.2, -0.15) is 11.3 Å². The Morgan fingerprint density at radius 3 is 2.80 bits per heavy atom. The fourth-order valence-electron chi connectivity index (χ4n) is 3.75. The lowest BCUT2D eigenvalue weighted by Gasteiger charge is -2.33. The molecule has 2 atom stereocenters. The molecule has 0 aromatic carbocycles. The number of likely N-dealkylation sites (tertiary alicyclic amines) is 2. The van der Waals surface area contributed by atoms with E-state index < -0.39 is 0 Å². The second-order valence-corrected chi connectivity index (χ2v) is 6.90. The standard InChI is InChI=1S/C16H24N2OS/c1-17-9-2-4-14(17)15-5-3-10-18(15)16(19)7-6-13-8-11-20-12-13/h8,11-12,14-15H,2-7,9-10H2,1H3. The van der Waals surface area contributed by atoms with Gasteiger partial charge in [0.25, 0.3) is 0 Å². The number of carbonyl (C=O) groups is 1. The van der Waals surface area contributed by atoms with Crippen LogP contribution in [0.25, 0.3) is 0 Å². The van der Waals surface area contributed by atoms with Crippen molar-refractivity contribution in [2.75, 3.05) is 20.1 Å². The lowest BCUT2D eigenvalue weighted by molar-refractivity contribution is -0.132. The van der Waals surface area contributed by atoms with Crippen molar-refractivity contribution in [3.05, 3.63) is 22.4 Å². The largest absolute Gasteiger partial charge is 0.338 e. The molecule has 2 aliphatic rings. The molecule has 0 bridgehead atoms. The number of rotatable bonds is 4. The molecule has 1 amide bonds. The van der Waals surface area contributed by atoms with Gasteiger partial charge in [0.05, 0.1) is 0 Å². The third-order valence-electron chi connectivity index (χ3n) is 4.85. The summed E-state index contributed by atoms with van der Waals surface area (Å²) < 4.78 is 0. The van der Waals surface area contributed by atoms with E-state index in [2.05, 4.69) is 33.7 Å². The summed E-state index contributed by atoms with van der Waals surface area (Å²) in [6.07, 6.45) is 6.48. The molecule has 3 nitrogen and oxygen atoms in total. The monoisotopic (exact) mass is 292 g/mol. The maximum Gasteiger partial charge on any atom is 0.223 e. The zero-order chi connectivity index (χ0) is 13.9. The first-order valence-corrected chi connectivity index (χ1v) is 8.71. The Morgan fingerprint density at radius 2 is 2.10 bits per heavy atom. The van der Waals surface area contributed by atoms with Gasteiger partial charge < -0.3 is 9.80 Å². The van der Waals surface area contributed by atoms with E-state index in [1.54, 1.807) is 11.3 Å². The van der Waals surface area contributed by atoms with Crippen LogP contribution in [0.2, 0.25) is 0 Å². The quantitative estimate of drug-likeness (QED) is 0.852. The normalized spacial score (nSPS) is 27.4. The Kier molecular flexibility index (Phi) is 4.41. The predicted molar refractivity (Wildman–Crippen MR) is 83.0 cm³/mol. The molecule has 0 radical (unpaired) electrons. The zero-order valence-electron chi connectivity index (χ0n) is 12.3. The van der Waals surface area contributed by atoms with Gasteiger partial charge in [0.15, 0.2) is 0 Å². The van der Waals surface area contributed by atoms with Gasteiger partial charge in [-0.3, -0.25) is 4.79 Å². The fraction of sp³-hybridized carbons (Fsp3) is 0.688. The van der Waals surface area contributed by atoms with Crippen molar-refractivity contribution in [3.8, 4) is 0 Å². The summed E-state index contributed by atoms with van der Waals surface area (Å²) in [5.41, 5.74) is 1.30. The van der Waals surface area contributed by atoms with Crippen LogP contribution in [-0.4, -0.2) is 47.9 Å². The smallest absolute Gasteiger partial charge is 0.223 e. The topological polar surface area (TPSA) is 23.6 Å². The van der Waals surface area contributed by atoms with Crippen LogP contribution in [-0.2, 0) is 11.2 Å². The lowest BCUT2D eigenvalue weighted by Crippen LogP contribution is -2.47. The summed E-state index contributed by atoms with van der Waals surface area (Å²) in [6, 6.07) is 3.20. The molecule has 20 heavy (non-hydrogen) atoms. The van der Waals surface area contributed by atoms with Gasteiger partial charge >= 0.3 is 0 Å². The van der Waals surface area contributed by atoms with Crippen molar-refractivity contribution >= 4 is 17.2 Å². The zero-order valence-corrected chi connectivity index (χ0v) is 13.1. The van der Waals surface area contributed by atoms with Crippen LogP contribution in [0.4, 0.5) is 0 Å². The molecular formula is C16H24N2OS. The van der Waals surface area contributed by atoms with Gasteiger partial charge in [-0.25, -0.2) is 0 Å². The van der Waals surface area contributed by atoms with Crippen LogP contribution in [0.15, 0.2) is 16.8 Å². The number of carbonyl (C=O) groups excluding carboxylic acids is 1. The molecule has 0 N–H and O–H groups in total. The fourth-order valence-corrected chi connectivity index (χ4v) is 4.46. The van der Waals surface area contributed by atoms with Gasteiger partial charge in [-0.15, -0.1) is 0 Å². The molecule has 1 aromatic heterocycles. The summed E-state index contributed by atoms with van der Waals surface area (Å²) in [7, 11) is 2.21. The SMILES string of the molecule is CN1CCCC1C1CCCN1C(=O)CCc1ccsc1. The molecule has 2 aliphatic heterocycles. The van der Waals surface area contributed by atoms with E-state index in [0.29, 0.717) is 24.4 Å². The highest BCUT2D eigenvalue weighted by molar-refractivity contribution is 7.07. The summed E-state index contributed by atoms with van der Waals surface area (Å²) in [5, 5.41) is 4.24. The average Bonchev–Trinajstić information content (AvgIpc) is 3.16. The predicted octanol–water partition coefficient (Wildman–Crippen LogP) is 2.77. The third kappa shape index (κ3) is 2.91. The molecule has 110 valence electrons. The molecule has 0 saturated carbocycles. The molecule has 0 aliphatic carbocycles. The minimum absolute atomic E-state index is 0.360. The summed E-state index contributed by atoms with van der Waals surface area (Å²) in [6.45, 7) is 2.16. The first-order chi connectivity index (χ1) is 9.75. The molecule has 2 saturated heterocycles. The molecule has 0 spiro atoms. The Balaban J connectivity index is 1.58. The van der Waals surface area contributed by atoms with E-state index in [9.17, 15) is 4.79 Å².